The highest BCUT2D eigenvalue weighted by molar-refractivity contribution is 6.08. The molecule has 1 heteroatoms. The van der Waals surface area contributed by atoms with Crippen LogP contribution < -0.4 is 0 Å². The van der Waals surface area contributed by atoms with Crippen LogP contribution in [0.25, 0.3) is 11.1 Å². The van der Waals surface area contributed by atoms with Gasteiger partial charge in [-0.05, 0) is 74.0 Å². The predicted molar refractivity (Wildman–Crippen MR) is 122 cm³/mol. The van der Waals surface area contributed by atoms with E-state index in [9.17, 15) is 4.79 Å². The zero-order valence-electron chi connectivity index (χ0n) is 17.9. The Hall–Kier alpha value is -2.41. The first-order valence-electron chi connectivity index (χ1n) is 10.6. The number of unbranched alkanes of at least 4 members (excludes halogenated alkanes) is 2. The summed E-state index contributed by atoms with van der Waals surface area (Å²) in [6, 6.07) is 16.9. The highest BCUT2D eigenvalue weighted by atomic mass is 16.1. The Labute approximate surface area is 171 Å². The second kappa shape index (κ2) is 11.4. The lowest BCUT2D eigenvalue weighted by Gasteiger charge is -2.10. The van der Waals surface area contributed by atoms with Gasteiger partial charge in [0.25, 0.3) is 0 Å². The van der Waals surface area contributed by atoms with Gasteiger partial charge in [0, 0.05) is 0 Å². The van der Waals surface area contributed by atoms with E-state index in [0.717, 1.165) is 49.7 Å². The van der Waals surface area contributed by atoms with E-state index in [1.807, 2.05) is 12.2 Å². The molecule has 0 aliphatic carbocycles. The van der Waals surface area contributed by atoms with Crippen molar-refractivity contribution in [2.24, 2.45) is 0 Å². The summed E-state index contributed by atoms with van der Waals surface area (Å²) in [6.45, 7) is 8.58. The minimum atomic E-state index is 0.0974. The molecule has 0 bridgehead atoms. The maximum atomic E-state index is 13.0. The van der Waals surface area contributed by atoms with Gasteiger partial charge < -0.3 is 0 Å². The Morgan fingerprint density at radius 2 is 1.18 bits per heavy atom. The Morgan fingerprint density at radius 1 is 0.750 bits per heavy atom. The molecule has 0 aliphatic heterocycles. The van der Waals surface area contributed by atoms with Crippen LogP contribution in [0.4, 0.5) is 0 Å². The summed E-state index contributed by atoms with van der Waals surface area (Å²) in [7, 11) is 0. The quantitative estimate of drug-likeness (QED) is 0.389. The van der Waals surface area contributed by atoms with Crippen molar-refractivity contribution in [2.45, 2.75) is 66.2 Å². The van der Waals surface area contributed by atoms with Crippen molar-refractivity contribution in [1.29, 1.82) is 0 Å². The van der Waals surface area contributed by atoms with Crippen LogP contribution in [0.15, 0.2) is 60.7 Å². The van der Waals surface area contributed by atoms with Crippen LogP contribution in [0.3, 0.4) is 0 Å². The van der Waals surface area contributed by atoms with Crippen molar-refractivity contribution < 1.29 is 4.79 Å². The largest absolute Gasteiger partial charge is 0.290 e. The van der Waals surface area contributed by atoms with Crippen LogP contribution in [-0.4, -0.2) is 5.78 Å². The average Bonchev–Trinajstić information content (AvgIpc) is 2.68. The Kier molecular flexibility index (Phi) is 8.94. The van der Waals surface area contributed by atoms with Crippen molar-refractivity contribution in [1.82, 2.24) is 0 Å². The van der Waals surface area contributed by atoms with E-state index in [2.05, 4.69) is 76.2 Å². The lowest BCUT2D eigenvalue weighted by atomic mass is 9.95. The van der Waals surface area contributed by atoms with Gasteiger partial charge in [-0.15, -0.1) is 0 Å². The van der Waals surface area contributed by atoms with E-state index in [0.29, 0.717) is 0 Å². The molecule has 2 rings (SSSR count). The molecule has 0 amide bonds. The molecular weight excluding hydrogens is 340 g/mol. The summed E-state index contributed by atoms with van der Waals surface area (Å²) in [5.41, 5.74) is 7.08. The first-order valence-corrected chi connectivity index (χ1v) is 10.6. The fraction of sp³-hybridized carbons (Fsp3) is 0.370. The maximum absolute atomic E-state index is 13.0. The average molecular weight is 375 g/mol. The number of hydrogen-bond donors (Lipinski definition) is 0. The number of benzene rings is 2. The number of hydrogen-bond acceptors (Lipinski definition) is 1. The van der Waals surface area contributed by atoms with Gasteiger partial charge in [0.1, 0.15) is 0 Å². The smallest absolute Gasteiger partial charge is 0.179 e. The molecule has 0 heterocycles. The normalized spacial score (nSPS) is 12.3. The van der Waals surface area contributed by atoms with Gasteiger partial charge in [-0.25, -0.2) is 0 Å². The van der Waals surface area contributed by atoms with E-state index in [1.165, 1.54) is 22.3 Å². The molecule has 0 unspecified atom stereocenters. The molecule has 0 fully saturated rings. The molecule has 0 spiro atoms. The summed E-state index contributed by atoms with van der Waals surface area (Å²) in [6.07, 6.45) is 10.0. The van der Waals surface area contributed by atoms with Gasteiger partial charge in [-0.1, -0.05) is 86.3 Å². The Bertz CT molecular complexity index is 769. The van der Waals surface area contributed by atoms with E-state index in [-0.39, 0.29) is 5.78 Å². The third-order valence-corrected chi connectivity index (χ3v) is 5.01. The Balaban J connectivity index is 2.36. The molecule has 2 aromatic carbocycles. The van der Waals surface area contributed by atoms with Crippen LogP contribution in [0.2, 0.25) is 0 Å². The minimum Gasteiger partial charge on any atom is -0.290 e. The third-order valence-electron chi connectivity index (χ3n) is 5.01. The molecule has 1 nitrogen and oxygen atoms in total. The lowest BCUT2D eigenvalue weighted by molar-refractivity contribution is -0.110. The first kappa shape index (κ1) is 21.9. The first-order chi connectivity index (χ1) is 13.5. The predicted octanol–water partition coefficient (Wildman–Crippen LogP) is 7.72. The summed E-state index contributed by atoms with van der Waals surface area (Å²) in [4.78, 5) is 13.0. The molecule has 0 aliphatic rings. The van der Waals surface area contributed by atoms with Gasteiger partial charge in [-0.3, -0.25) is 4.79 Å². The van der Waals surface area contributed by atoms with Gasteiger partial charge in [0.05, 0.1) is 0 Å². The van der Waals surface area contributed by atoms with E-state index in [1.54, 1.807) is 0 Å². The standard InChI is InChI=1S/C27H34O/c1-5-7-13-25(23-15-9-11-21(3)17-23)19-27(28)20-26(14-8-6-2)24-16-10-12-22(4)18-24/h9-12,15-20H,5-8,13-14H2,1-4H3. The second-order valence-electron chi connectivity index (χ2n) is 7.69. The van der Waals surface area contributed by atoms with Crippen LogP contribution in [0, 0.1) is 13.8 Å². The highest BCUT2D eigenvalue weighted by Gasteiger charge is 2.08. The third kappa shape index (κ3) is 6.96. The summed E-state index contributed by atoms with van der Waals surface area (Å²) < 4.78 is 0. The fourth-order valence-electron chi connectivity index (χ4n) is 3.41. The van der Waals surface area contributed by atoms with Crippen molar-refractivity contribution in [3.05, 3.63) is 82.9 Å². The van der Waals surface area contributed by atoms with Crippen LogP contribution in [-0.2, 0) is 4.79 Å². The van der Waals surface area contributed by atoms with Gasteiger partial charge >= 0.3 is 0 Å². The Morgan fingerprint density at radius 3 is 1.54 bits per heavy atom. The minimum absolute atomic E-state index is 0.0974. The number of aryl methyl sites for hydroxylation is 2. The number of carbonyl (C=O) groups excluding carboxylic acids is 1. The number of carbonyl (C=O) groups is 1. The van der Waals surface area contributed by atoms with Crippen molar-refractivity contribution in [3.63, 3.8) is 0 Å². The van der Waals surface area contributed by atoms with E-state index < -0.39 is 0 Å². The molecule has 0 atom stereocenters. The molecule has 148 valence electrons. The van der Waals surface area contributed by atoms with Crippen molar-refractivity contribution in [2.75, 3.05) is 0 Å². The van der Waals surface area contributed by atoms with Crippen molar-refractivity contribution in [3.8, 4) is 0 Å². The fourth-order valence-corrected chi connectivity index (χ4v) is 3.41. The van der Waals surface area contributed by atoms with Crippen LogP contribution in [0.1, 0.15) is 74.6 Å². The van der Waals surface area contributed by atoms with Gasteiger partial charge in [0.15, 0.2) is 5.78 Å². The van der Waals surface area contributed by atoms with Gasteiger partial charge in [0.2, 0.25) is 0 Å². The van der Waals surface area contributed by atoms with E-state index >= 15 is 0 Å². The molecule has 0 aromatic heterocycles. The molecule has 0 N–H and O–H groups in total. The highest BCUT2D eigenvalue weighted by Crippen LogP contribution is 2.25. The monoisotopic (exact) mass is 374 g/mol. The molecule has 2 aromatic rings. The number of allylic oxidation sites excluding steroid dienone is 4. The number of ketones is 1. The molecule has 0 radical (unpaired) electrons. The summed E-state index contributed by atoms with van der Waals surface area (Å²) >= 11 is 0. The zero-order valence-corrected chi connectivity index (χ0v) is 17.9. The summed E-state index contributed by atoms with van der Waals surface area (Å²) in [5.74, 6) is 0.0974. The van der Waals surface area contributed by atoms with Crippen LogP contribution in [0.5, 0.6) is 0 Å². The van der Waals surface area contributed by atoms with Crippen molar-refractivity contribution >= 4 is 16.9 Å². The molecule has 0 saturated carbocycles. The maximum Gasteiger partial charge on any atom is 0.179 e. The topological polar surface area (TPSA) is 17.1 Å². The molecule has 0 saturated heterocycles. The molecular formula is C27H34O. The van der Waals surface area contributed by atoms with Gasteiger partial charge in [-0.2, -0.15) is 0 Å². The lowest BCUT2D eigenvalue weighted by Crippen LogP contribution is -1.96. The zero-order chi connectivity index (χ0) is 20.4. The second-order valence-corrected chi connectivity index (χ2v) is 7.69. The SMILES string of the molecule is CCCCC(=CC(=O)C=C(CCCC)c1cccc(C)c1)c1cccc(C)c1. The van der Waals surface area contributed by atoms with E-state index in [4.69, 9.17) is 0 Å². The van der Waals surface area contributed by atoms with Crippen LogP contribution >= 0.6 is 0 Å². The summed E-state index contributed by atoms with van der Waals surface area (Å²) in [5, 5.41) is 0. The number of rotatable bonds is 10. The molecule has 28 heavy (non-hydrogen) atoms.